The smallest absolute Gasteiger partial charge is 0.145 e. The third-order valence-electron chi connectivity index (χ3n) is 7.45. The average molecular weight is 445 g/mol. The van der Waals surface area contributed by atoms with E-state index in [-0.39, 0.29) is 11.6 Å². The second kappa shape index (κ2) is 8.18. The largest absolute Gasteiger partial charge is 0.457 e. The van der Waals surface area contributed by atoms with Crippen molar-refractivity contribution in [1.82, 2.24) is 0 Å². The van der Waals surface area contributed by atoms with Gasteiger partial charge in [0.1, 0.15) is 17.7 Å². The Labute approximate surface area is 201 Å². The maximum atomic E-state index is 6.39. The van der Waals surface area contributed by atoms with Gasteiger partial charge < -0.3 is 10.1 Å². The fourth-order valence-corrected chi connectivity index (χ4v) is 5.58. The third-order valence-corrected chi connectivity index (χ3v) is 7.45. The van der Waals surface area contributed by atoms with E-state index in [9.17, 15) is 0 Å². The second-order valence-corrected chi connectivity index (χ2v) is 9.08. The molecule has 0 aliphatic carbocycles. The van der Waals surface area contributed by atoms with Gasteiger partial charge in [-0.2, -0.15) is 0 Å². The summed E-state index contributed by atoms with van der Waals surface area (Å²) < 4.78 is 6.39. The van der Waals surface area contributed by atoms with Gasteiger partial charge in [0, 0.05) is 33.4 Å². The van der Waals surface area contributed by atoms with Crippen LogP contribution in [-0.4, -0.2) is 5.71 Å². The Morgan fingerprint density at radius 1 is 0.765 bits per heavy atom. The summed E-state index contributed by atoms with van der Waals surface area (Å²) in [6, 6.07) is 34.0. The molecule has 0 fully saturated rings. The highest BCUT2D eigenvalue weighted by molar-refractivity contribution is 6.17. The zero-order valence-electron chi connectivity index (χ0n) is 19.6. The molecule has 3 heteroatoms. The van der Waals surface area contributed by atoms with Crippen LogP contribution < -0.4 is 10.1 Å². The summed E-state index contributed by atoms with van der Waals surface area (Å²) in [7, 11) is 0. The van der Waals surface area contributed by atoms with Gasteiger partial charge in [-0.25, -0.2) is 0 Å². The minimum atomic E-state index is -0.124. The molecule has 1 atom stereocenters. The Hall–Kier alpha value is -3.85. The van der Waals surface area contributed by atoms with E-state index in [1.807, 2.05) is 6.07 Å². The van der Waals surface area contributed by atoms with E-state index in [2.05, 4.69) is 110 Å². The quantitative estimate of drug-likeness (QED) is 0.347. The fourth-order valence-electron chi connectivity index (χ4n) is 5.58. The molecule has 0 saturated carbocycles. The van der Waals surface area contributed by atoms with Gasteiger partial charge >= 0.3 is 0 Å². The summed E-state index contributed by atoms with van der Waals surface area (Å²) in [5.41, 5.74) is 7.99. The highest BCUT2D eigenvalue weighted by Gasteiger charge is 2.39. The summed E-state index contributed by atoms with van der Waals surface area (Å²) in [5.74, 6) is 1.92. The van der Waals surface area contributed by atoms with Crippen molar-refractivity contribution in [1.29, 1.82) is 0 Å². The first kappa shape index (κ1) is 20.7. The Morgan fingerprint density at radius 2 is 1.47 bits per heavy atom. The van der Waals surface area contributed by atoms with Crippen molar-refractivity contribution in [2.75, 3.05) is 5.32 Å². The molecule has 3 nitrogen and oxygen atoms in total. The molecular weight excluding hydrogens is 416 g/mol. The fraction of sp³-hybridized carbons (Fsp3) is 0.194. The van der Waals surface area contributed by atoms with Gasteiger partial charge in [-0.3, -0.25) is 4.99 Å². The number of hydrogen-bond donors (Lipinski definition) is 1. The number of para-hydroxylation sites is 2. The standard InChI is InChI=1S/C31H28N2O/c1-3-31(4-2)24-15-9-11-17-27(24)34-28-19-18-22(20-25(28)31)29-23-14-8-10-16-26(23)32-30(33-29)21-12-6-5-7-13-21/h5-20,30,32H,3-4H2,1-2H3. The molecule has 1 N–H and O–H groups in total. The number of fused-ring (bicyclic) bond motifs is 3. The van der Waals surface area contributed by atoms with E-state index >= 15 is 0 Å². The lowest BCUT2D eigenvalue weighted by Crippen LogP contribution is -2.30. The molecule has 0 radical (unpaired) electrons. The number of benzene rings is 4. The van der Waals surface area contributed by atoms with Gasteiger partial charge in [0.2, 0.25) is 0 Å². The van der Waals surface area contributed by atoms with Crippen LogP contribution in [0.2, 0.25) is 0 Å². The Balaban J connectivity index is 1.53. The zero-order valence-corrected chi connectivity index (χ0v) is 19.6. The molecule has 2 heterocycles. The first-order chi connectivity index (χ1) is 16.7. The number of rotatable bonds is 4. The van der Waals surface area contributed by atoms with Crippen molar-refractivity contribution in [2.45, 2.75) is 38.3 Å². The molecule has 6 rings (SSSR count). The highest BCUT2D eigenvalue weighted by atomic mass is 16.5. The van der Waals surface area contributed by atoms with Crippen LogP contribution in [0.5, 0.6) is 11.5 Å². The van der Waals surface area contributed by atoms with Crippen LogP contribution in [0.3, 0.4) is 0 Å². The van der Waals surface area contributed by atoms with Gasteiger partial charge in [-0.1, -0.05) is 80.6 Å². The predicted octanol–water partition coefficient (Wildman–Crippen LogP) is 7.86. The van der Waals surface area contributed by atoms with Crippen molar-refractivity contribution < 1.29 is 4.74 Å². The van der Waals surface area contributed by atoms with Crippen LogP contribution >= 0.6 is 0 Å². The van der Waals surface area contributed by atoms with E-state index in [1.54, 1.807) is 0 Å². The van der Waals surface area contributed by atoms with Crippen LogP contribution in [0.15, 0.2) is 102 Å². The van der Waals surface area contributed by atoms with E-state index in [4.69, 9.17) is 9.73 Å². The first-order valence-corrected chi connectivity index (χ1v) is 12.1. The lowest BCUT2D eigenvalue weighted by atomic mass is 9.68. The molecule has 2 aliphatic heterocycles. The van der Waals surface area contributed by atoms with E-state index in [1.165, 1.54) is 11.1 Å². The Kier molecular flexibility index (Phi) is 4.99. The van der Waals surface area contributed by atoms with Gasteiger partial charge in [-0.15, -0.1) is 0 Å². The third kappa shape index (κ3) is 3.15. The number of nitrogens with one attached hydrogen (secondary N) is 1. The lowest BCUT2D eigenvalue weighted by Gasteiger charge is -2.39. The van der Waals surface area contributed by atoms with Gasteiger partial charge in [-0.05, 0) is 48.7 Å². The highest BCUT2D eigenvalue weighted by Crippen LogP contribution is 2.52. The minimum Gasteiger partial charge on any atom is -0.457 e. The van der Waals surface area contributed by atoms with Crippen molar-refractivity contribution in [3.8, 4) is 11.5 Å². The summed E-state index contributed by atoms with van der Waals surface area (Å²) in [4.78, 5) is 5.22. The van der Waals surface area contributed by atoms with Gasteiger partial charge in [0.15, 0.2) is 0 Å². The van der Waals surface area contributed by atoms with Gasteiger partial charge in [0.05, 0.1) is 5.71 Å². The molecule has 0 aromatic heterocycles. The topological polar surface area (TPSA) is 33.6 Å². The number of ether oxygens (including phenoxy) is 1. The van der Waals surface area contributed by atoms with E-state index in [0.717, 1.165) is 52.4 Å². The maximum Gasteiger partial charge on any atom is 0.145 e. The zero-order chi connectivity index (χ0) is 23.1. The Morgan fingerprint density at radius 3 is 2.29 bits per heavy atom. The second-order valence-electron chi connectivity index (χ2n) is 9.08. The molecule has 0 bridgehead atoms. The van der Waals surface area contributed by atoms with Crippen molar-refractivity contribution >= 4 is 11.4 Å². The number of hydrogen-bond acceptors (Lipinski definition) is 3. The predicted molar refractivity (Wildman–Crippen MR) is 139 cm³/mol. The first-order valence-electron chi connectivity index (χ1n) is 12.1. The maximum absolute atomic E-state index is 6.39. The SMILES string of the molecule is CCC1(CC)c2ccccc2Oc2ccc(C3=NC(c4ccccc4)Nc4ccccc43)cc21. The van der Waals surface area contributed by atoms with Crippen LogP contribution in [0.1, 0.15) is 60.7 Å². The molecular formula is C31H28N2O. The monoisotopic (exact) mass is 444 g/mol. The van der Waals surface area contributed by atoms with Crippen molar-refractivity contribution in [3.63, 3.8) is 0 Å². The summed E-state index contributed by atoms with van der Waals surface area (Å²) in [5, 5.41) is 3.61. The van der Waals surface area contributed by atoms with Gasteiger partial charge in [0.25, 0.3) is 0 Å². The average Bonchev–Trinajstić information content (AvgIpc) is 2.91. The van der Waals surface area contributed by atoms with Crippen LogP contribution in [0.4, 0.5) is 5.69 Å². The molecule has 0 spiro atoms. The van der Waals surface area contributed by atoms with E-state index < -0.39 is 0 Å². The molecule has 0 amide bonds. The van der Waals surface area contributed by atoms with Crippen molar-refractivity contribution in [3.05, 3.63) is 125 Å². The Bertz CT molecular complexity index is 1390. The molecule has 34 heavy (non-hydrogen) atoms. The summed E-state index contributed by atoms with van der Waals surface area (Å²) in [6.45, 7) is 4.57. The molecule has 4 aromatic rings. The molecule has 2 aliphatic rings. The number of aliphatic imine (C=N–C) groups is 1. The normalized spacial score (nSPS) is 17.4. The molecule has 1 unspecified atom stereocenters. The minimum absolute atomic E-state index is 0.0774. The number of anilines is 1. The molecule has 4 aromatic carbocycles. The summed E-state index contributed by atoms with van der Waals surface area (Å²) in [6.07, 6.45) is 1.90. The lowest BCUT2D eigenvalue weighted by molar-refractivity contribution is 0.374. The summed E-state index contributed by atoms with van der Waals surface area (Å²) >= 11 is 0. The van der Waals surface area contributed by atoms with Crippen LogP contribution in [-0.2, 0) is 5.41 Å². The number of nitrogens with zero attached hydrogens (tertiary/aromatic N) is 1. The van der Waals surface area contributed by atoms with Crippen LogP contribution in [0, 0.1) is 0 Å². The van der Waals surface area contributed by atoms with Crippen LogP contribution in [0.25, 0.3) is 0 Å². The molecule has 168 valence electrons. The van der Waals surface area contributed by atoms with E-state index in [0.29, 0.717) is 0 Å². The van der Waals surface area contributed by atoms with Crippen molar-refractivity contribution in [2.24, 2.45) is 4.99 Å². The molecule has 0 saturated heterocycles.